The maximum Gasteiger partial charge on any atom is 0.311 e. The van der Waals surface area contributed by atoms with Crippen LogP contribution in [0.15, 0.2) is 18.2 Å². The molecule has 1 rings (SSSR count). The standard InChI is InChI=1S/C13H16N4O4/c1-2-15-8-10-3-4-12(11(7-10)17(19)20)21-9-13(18)16-6-5-14/h3-4,7,15H,2,6,8-9H2,1H3,(H,16,18). The Morgan fingerprint density at radius 1 is 1.52 bits per heavy atom. The van der Waals surface area contributed by atoms with Crippen LogP contribution in [0.4, 0.5) is 5.69 Å². The van der Waals surface area contributed by atoms with Crippen LogP contribution >= 0.6 is 0 Å². The fraction of sp³-hybridized carbons (Fsp3) is 0.385. The van der Waals surface area contributed by atoms with Crippen molar-refractivity contribution in [3.63, 3.8) is 0 Å². The van der Waals surface area contributed by atoms with Gasteiger partial charge in [0.1, 0.15) is 6.54 Å². The number of benzene rings is 1. The van der Waals surface area contributed by atoms with Gasteiger partial charge in [-0.1, -0.05) is 13.0 Å². The van der Waals surface area contributed by atoms with Crippen LogP contribution in [-0.2, 0) is 11.3 Å². The molecule has 0 spiro atoms. The molecular formula is C13H16N4O4. The van der Waals surface area contributed by atoms with Crippen molar-refractivity contribution >= 4 is 11.6 Å². The van der Waals surface area contributed by atoms with E-state index in [-0.39, 0.29) is 24.6 Å². The molecule has 112 valence electrons. The molecule has 1 aromatic carbocycles. The van der Waals surface area contributed by atoms with Gasteiger partial charge in [0, 0.05) is 12.6 Å². The number of ether oxygens (including phenoxy) is 1. The summed E-state index contributed by atoms with van der Waals surface area (Å²) < 4.78 is 5.13. The predicted molar refractivity (Wildman–Crippen MR) is 74.6 cm³/mol. The Hall–Kier alpha value is -2.66. The van der Waals surface area contributed by atoms with Crippen LogP contribution in [0.5, 0.6) is 5.75 Å². The molecule has 0 aliphatic rings. The molecule has 0 heterocycles. The van der Waals surface area contributed by atoms with Gasteiger partial charge >= 0.3 is 5.69 Å². The van der Waals surface area contributed by atoms with E-state index in [9.17, 15) is 14.9 Å². The fourth-order valence-electron chi connectivity index (χ4n) is 1.54. The molecule has 0 atom stereocenters. The lowest BCUT2D eigenvalue weighted by atomic mass is 10.2. The van der Waals surface area contributed by atoms with Crippen molar-refractivity contribution in [2.24, 2.45) is 0 Å². The first-order valence-corrected chi connectivity index (χ1v) is 6.33. The highest BCUT2D eigenvalue weighted by Gasteiger charge is 2.17. The van der Waals surface area contributed by atoms with Crippen molar-refractivity contribution in [3.8, 4) is 11.8 Å². The molecule has 2 N–H and O–H groups in total. The second-order valence-corrected chi connectivity index (χ2v) is 4.06. The van der Waals surface area contributed by atoms with Crippen LogP contribution in [0, 0.1) is 21.4 Å². The SMILES string of the molecule is CCNCc1ccc(OCC(=O)NCC#N)c([N+](=O)[O-])c1. The number of carbonyl (C=O) groups excluding carboxylic acids is 1. The third-order valence-electron chi connectivity index (χ3n) is 2.52. The van der Waals surface area contributed by atoms with Crippen LogP contribution in [-0.4, -0.2) is 30.5 Å². The van der Waals surface area contributed by atoms with Crippen molar-refractivity contribution in [1.29, 1.82) is 5.26 Å². The average Bonchev–Trinajstić information content (AvgIpc) is 2.48. The maximum atomic E-state index is 11.3. The molecule has 0 saturated heterocycles. The summed E-state index contributed by atoms with van der Waals surface area (Å²) >= 11 is 0. The van der Waals surface area contributed by atoms with Gasteiger partial charge in [0.2, 0.25) is 0 Å². The number of nitro groups is 1. The second-order valence-electron chi connectivity index (χ2n) is 4.06. The van der Waals surface area contributed by atoms with Gasteiger partial charge in [-0.3, -0.25) is 14.9 Å². The zero-order chi connectivity index (χ0) is 15.7. The minimum Gasteiger partial charge on any atom is -0.477 e. The van der Waals surface area contributed by atoms with Gasteiger partial charge in [0.05, 0.1) is 11.0 Å². The highest BCUT2D eigenvalue weighted by Crippen LogP contribution is 2.27. The summed E-state index contributed by atoms with van der Waals surface area (Å²) in [5.41, 5.74) is 0.559. The van der Waals surface area contributed by atoms with Gasteiger partial charge in [-0.2, -0.15) is 5.26 Å². The molecule has 21 heavy (non-hydrogen) atoms. The first-order valence-electron chi connectivity index (χ1n) is 6.33. The minimum atomic E-state index is -0.558. The van der Waals surface area contributed by atoms with Gasteiger partial charge in [-0.15, -0.1) is 0 Å². The molecule has 0 unspecified atom stereocenters. The normalized spacial score (nSPS) is 9.71. The Kier molecular flexibility index (Phi) is 6.63. The first-order chi connectivity index (χ1) is 10.1. The van der Waals surface area contributed by atoms with Crippen molar-refractivity contribution in [2.75, 3.05) is 19.7 Å². The molecular weight excluding hydrogens is 276 g/mol. The quantitative estimate of drug-likeness (QED) is 0.414. The van der Waals surface area contributed by atoms with Gasteiger partial charge in [0.25, 0.3) is 5.91 Å². The summed E-state index contributed by atoms with van der Waals surface area (Å²) in [5, 5.41) is 24.7. The van der Waals surface area contributed by atoms with Gasteiger partial charge in [0.15, 0.2) is 12.4 Å². The van der Waals surface area contributed by atoms with Crippen molar-refractivity contribution in [3.05, 3.63) is 33.9 Å². The van der Waals surface area contributed by atoms with Crippen molar-refractivity contribution in [2.45, 2.75) is 13.5 Å². The zero-order valence-corrected chi connectivity index (χ0v) is 11.6. The Morgan fingerprint density at radius 3 is 2.90 bits per heavy atom. The number of carbonyl (C=O) groups is 1. The van der Waals surface area contributed by atoms with Gasteiger partial charge in [-0.05, 0) is 18.2 Å². The third kappa shape index (κ3) is 5.46. The van der Waals surface area contributed by atoms with Crippen molar-refractivity contribution < 1.29 is 14.5 Å². The lowest BCUT2D eigenvalue weighted by Gasteiger charge is -2.08. The number of rotatable bonds is 8. The highest BCUT2D eigenvalue weighted by molar-refractivity contribution is 5.77. The molecule has 0 saturated carbocycles. The lowest BCUT2D eigenvalue weighted by Crippen LogP contribution is -2.29. The lowest BCUT2D eigenvalue weighted by molar-refractivity contribution is -0.385. The van der Waals surface area contributed by atoms with Crippen molar-refractivity contribution in [1.82, 2.24) is 10.6 Å². The average molecular weight is 292 g/mol. The van der Waals surface area contributed by atoms with E-state index in [0.29, 0.717) is 6.54 Å². The number of nitrogens with zero attached hydrogens (tertiary/aromatic N) is 2. The molecule has 0 fully saturated rings. The van der Waals surface area contributed by atoms with Crippen LogP contribution in [0.2, 0.25) is 0 Å². The molecule has 8 heteroatoms. The smallest absolute Gasteiger partial charge is 0.311 e. The van der Waals surface area contributed by atoms with Crippen LogP contribution < -0.4 is 15.4 Å². The Morgan fingerprint density at radius 2 is 2.29 bits per heavy atom. The molecule has 8 nitrogen and oxygen atoms in total. The van der Waals surface area contributed by atoms with Crippen LogP contribution in [0.25, 0.3) is 0 Å². The topological polar surface area (TPSA) is 117 Å². The maximum absolute atomic E-state index is 11.3. The highest BCUT2D eigenvalue weighted by atomic mass is 16.6. The minimum absolute atomic E-state index is 0.0207. The summed E-state index contributed by atoms with van der Waals surface area (Å²) in [4.78, 5) is 21.8. The number of nitrogens with one attached hydrogen (secondary N) is 2. The monoisotopic (exact) mass is 292 g/mol. The molecule has 0 aromatic heterocycles. The summed E-state index contributed by atoms with van der Waals surface area (Å²) in [6.45, 7) is 2.69. The van der Waals surface area contributed by atoms with E-state index < -0.39 is 10.8 Å². The molecule has 0 radical (unpaired) electrons. The zero-order valence-electron chi connectivity index (χ0n) is 11.6. The molecule has 0 bridgehead atoms. The second kappa shape index (κ2) is 8.50. The van der Waals surface area contributed by atoms with Gasteiger partial charge < -0.3 is 15.4 Å². The predicted octanol–water partition coefficient (Wildman–Crippen LogP) is 0.723. The summed E-state index contributed by atoms with van der Waals surface area (Å²) in [7, 11) is 0. The Labute approximate surface area is 121 Å². The van der Waals surface area contributed by atoms with Crippen LogP contribution in [0.3, 0.4) is 0 Å². The largest absolute Gasteiger partial charge is 0.477 e. The number of hydrogen-bond acceptors (Lipinski definition) is 6. The van der Waals surface area contributed by atoms with E-state index in [1.54, 1.807) is 12.1 Å². The number of nitriles is 1. The van der Waals surface area contributed by atoms with Crippen LogP contribution in [0.1, 0.15) is 12.5 Å². The third-order valence-corrected chi connectivity index (χ3v) is 2.52. The Bertz CT molecular complexity index is 554. The molecule has 1 amide bonds. The van der Waals surface area contributed by atoms with Gasteiger partial charge in [-0.25, -0.2) is 0 Å². The summed E-state index contributed by atoms with van der Waals surface area (Å²) in [6, 6.07) is 6.31. The van der Waals surface area contributed by atoms with E-state index in [0.717, 1.165) is 12.1 Å². The van der Waals surface area contributed by atoms with E-state index in [1.165, 1.54) is 12.1 Å². The van der Waals surface area contributed by atoms with E-state index in [2.05, 4.69) is 10.6 Å². The number of amides is 1. The molecule has 1 aromatic rings. The first kappa shape index (κ1) is 16.4. The summed E-state index contributed by atoms with van der Waals surface area (Å²) in [6.07, 6.45) is 0. The molecule has 0 aliphatic carbocycles. The number of nitro benzene ring substituents is 1. The fourth-order valence-corrected chi connectivity index (χ4v) is 1.54. The number of hydrogen-bond donors (Lipinski definition) is 2. The molecule has 0 aliphatic heterocycles. The van der Waals surface area contributed by atoms with E-state index >= 15 is 0 Å². The van der Waals surface area contributed by atoms with E-state index in [1.807, 2.05) is 6.92 Å². The Balaban J connectivity index is 2.75. The van der Waals surface area contributed by atoms with E-state index in [4.69, 9.17) is 10.00 Å². The summed E-state index contributed by atoms with van der Waals surface area (Å²) in [5.74, 6) is -0.491.